The van der Waals surface area contributed by atoms with Gasteiger partial charge >= 0.3 is 12.0 Å². The zero-order valence-electron chi connectivity index (χ0n) is 9.38. The van der Waals surface area contributed by atoms with E-state index in [1.54, 1.807) is 19.1 Å². The second-order valence-corrected chi connectivity index (χ2v) is 3.18. The summed E-state index contributed by atoms with van der Waals surface area (Å²) in [4.78, 5) is 27.6. The molecule has 0 aliphatic carbocycles. The van der Waals surface area contributed by atoms with Gasteiger partial charge in [-0.05, 0) is 19.1 Å². The normalized spacial score (nSPS) is 9.94. The number of furan rings is 1. The molecule has 0 spiro atoms. The Hall–Kier alpha value is -2.02. The summed E-state index contributed by atoms with van der Waals surface area (Å²) >= 11 is 0. The zero-order valence-corrected chi connectivity index (χ0v) is 9.38. The van der Waals surface area contributed by atoms with E-state index < -0.39 is 18.6 Å². The predicted octanol–water partition coefficient (Wildman–Crippen LogP) is 0.827. The number of aliphatic carboxylic acids is 1. The van der Waals surface area contributed by atoms with Crippen LogP contribution in [0.3, 0.4) is 0 Å². The van der Waals surface area contributed by atoms with Gasteiger partial charge in [0.2, 0.25) is 0 Å². The number of amides is 2. The maximum atomic E-state index is 11.5. The quantitative estimate of drug-likeness (QED) is 0.721. The van der Waals surface area contributed by atoms with Crippen molar-refractivity contribution in [3.63, 3.8) is 0 Å². The van der Waals surface area contributed by atoms with Crippen molar-refractivity contribution in [3.05, 3.63) is 24.2 Å². The van der Waals surface area contributed by atoms with Gasteiger partial charge < -0.3 is 14.4 Å². The van der Waals surface area contributed by atoms with Crippen LogP contribution in [0.25, 0.3) is 0 Å². The number of carbonyl (C=O) groups is 2. The molecule has 0 saturated carbocycles. The van der Waals surface area contributed by atoms with Crippen LogP contribution >= 0.6 is 0 Å². The highest BCUT2D eigenvalue weighted by Crippen LogP contribution is 2.05. The van der Waals surface area contributed by atoms with Gasteiger partial charge in [0, 0.05) is 6.54 Å². The molecule has 7 heteroatoms. The Kier molecular flexibility index (Phi) is 5.02. The van der Waals surface area contributed by atoms with E-state index >= 15 is 0 Å². The molecule has 0 atom stereocenters. The summed E-state index contributed by atoms with van der Waals surface area (Å²) in [6.45, 7) is 1.96. The third-order valence-corrected chi connectivity index (χ3v) is 1.95. The van der Waals surface area contributed by atoms with Crippen LogP contribution in [-0.2, 0) is 16.2 Å². The molecule has 0 saturated heterocycles. The van der Waals surface area contributed by atoms with Crippen LogP contribution in [0, 0.1) is 0 Å². The van der Waals surface area contributed by atoms with Crippen molar-refractivity contribution in [2.75, 3.05) is 13.2 Å². The summed E-state index contributed by atoms with van der Waals surface area (Å²) in [5.41, 5.74) is 2.04. The van der Waals surface area contributed by atoms with Gasteiger partial charge in [-0.15, -0.1) is 0 Å². The van der Waals surface area contributed by atoms with Gasteiger partial charge in [-0.25, -0.2) is 15.1 Å². The number of nitrogens with one attached hydrogen (secondary N) is 1. The lowest BCUT2D eigenvalue weighted by atomic mass is 10.4. The van der Waals surface area contributed by atoms with E-state index in [9.17, 15) is 9.59 Å². The van der Waals surface area contributed by atoms with E-state index in [0.717, 1.165) is 0 Å². The first-order valence-electron chi connectivity index (χ1n) is 5.04. The Bertz CT molecular complexity index is 363. The van der Waals surface area contributed by atoms with Crippen molar-refractivity contribution in [1.29, 1.82) is 0 Å². The smallest absolute Gasteiger partial charge is 0.341 e. The standard InChI is InChI=1S/C10H14N2O5/c1-2-12(6-8-4-3-5-16-8)10(15)11-17-7-9(13)14/h3-5H,2,6-7H2,1H3,(H,11,15)(H,13,14). The van der Waals surface area contributed by atoms with Gasteiger partial charge in [0.15, 0.2) is 6.61 Å². The molecule has 1 heterocycles. The highest BCUT2D eigenvalue weighted by Gasteiger charge is 2.13. The van der Waals surface area contributed by atoms with Gasteiger partial charge in [0.05, 0.1) is 12.8 Å². The molecule has 0 fully saturated rings. The monoisotopic (exact) mass is 242 g/mol. The number of carboxylic acid groups (broad SMARTS) is 1. The molecular weight excluding hydrogens is 228 g/mol. The van der Waals surface area contributed by atoms with E-state index in [-0.39, 0.29) is 0 Å². The van der Waals surface area contributed by atoms with E-state index in [2.05, 4.69) is 4.84 Å². The minimum absolute atomic E-state index is 0.297. The summed E-state index contributed by atoms with van der Waals surface area (Å²) in [6.07, 6.45) is 1.52. The largest absolute Gasteiger partial charge is 0.479 e. The molecular formula is C10H14N2O5. The highest BCUT2D eigenvalue weighted by atomic mass is 16.7. The first-order valence-corrected chi connectivity index (χ1v) is 5.04. The van der Waals surface area contributed by atoms with E-state index in [4.69, 9.17) is 9.52 Å². The highest BCUT2D eigenvalue weighted by molar-refractivity contribution is 5.73. The first kappa shape index (κ1) is 13.0. The topological polar surface area (TPSA) is 92.0 Å². The molecule has 94 valence electrons. The summed E-state index contributed by atoms with van der Waals surface area (Å²) < 4.78 is 5.10. The van der Waals surface area contributed by atoms with Crippen molar-refractivity contribution in [3.8, 4) is 0 Å². The van der Waals surface area contributed by atoms with Crippen molar-refractivity contribution in [1.82, 2.24) is 10.4 Å². The number of hydroxylamine groups is 1. The molecule has 2 N–H and O–H groups in total. The summed E-state index contributed by atoms with van der Waals surface area (Å²) in [6, 6.07) is 2.96. The van der Waals surface area contributed by atoms with Crippen LogP contribution in [0.4, 0.5) is 4.79 Å². The average Bonchev–Trinajstić information content (AvgIpc) is 2.77. The van der Waals surface area contributed by atoms with Crippen LogP contribution in [0.2, 0.25) is 0 Å². The van der Waals surface area contributed by atoms with Crippen LogP contribution in [0.15, 0.2) is 22.8 Å². The fourth-order valence-electron chi connectivity index (χ4n) is 1.14. The third-order valence-electron chi connectivity index (χ3n) is 1.95. The lowest BCUT2D eigenvalue weighted by molar-refractivity contribution is -0.144. The molecule has 0 unspecified atom stereocenters. The maximum Gasteiger partial charge on any atom is 0.341 e. The first-order chi connectivity index (χ1) is 8.13. The molecule has 1 rings (SSSR count). The van der Waals surface area contributed by atoms with Gasteiger partial charge in [0.25, 0.3) is 0 Å². The van der Waals surface area contributed by atoms with Crippen molar-refractivity contribution in [2.45, 2.75) is 13.5 Å². The molecule has 2 amide bonds. The Morgan fingerprint density at radius 1 is 1.59 bits per heavy atom. The molecule has 0 aromatic carbocycles. The lowest BCUT2D eigenvalue weighted by Crippen LogP contribution is -2.40. The Balaban J connectivity index is 2.38. The van der Waals surface area contributed by atoms with Crippen molar-refractivity contribution < 1.29 is 24.0 Å². The number of carboxylic acids is 1. The summed E-state index contributed by atoms with van der Waals surface area (Å²) in [5.74, 6) is -0.514. The van der Waals surface area contributed by atoms with E-state index in [1.807, 2.05) is 5.48 Å². The summed E-state index contributed by atoms with van der Waals surface area (Å²) in [7, 11) is 0. The van der Waals surface area contributed by atoms with E-state index in [0.29, 0.717) is 18.8 Å². The minimum Gasteiger partial charge on any atom is -0.479 e. The molecule has 1 aromatic heterocycles. The molecule has 17 heavy (non-hydrogen) atoms. The van der Waals surface area contributed by atoms with Crippen LogP contribution in [0.1, 0.15) is 12.7 Å². The van der Waals surface area contributed by atoms with Crippen LogP contribution < -0.4 is 5.48 Å². The van der Waals surface area contributed by atoms with Gasteiger partial charge in [-0.3, -0.25) is 4.84 Å². The minimum atomic E-state index is -1.15. The number of hydrogen-bond acceptors (Lipinski definition) is 4. The Labute approximate surface area is 97.9 Å². The Morgan fingerprint density at radius 2 is 2.35 bits per heavy atom. The fraction of sp³-hybridized carbons (Fsp3) is 0.400. The molecule has 0 aliphatic heterocycles. The number of urea groups is 1. The molecule has 0 bridgehead atoms. The van der Waals surface area contributed by atoms with Crippen LogP contribution in [0.5, 0.6) is 0 Å². The van der Waals surface area contributed by atoms with Crippen LogP contribution in [-0.4, -0.2) is 35.2 Å². The average molecular weight is 242 g/mol. The predicted molar refractivity (Wildman–Crippen MR) is 56.9 cm³/mol. The van der Waals surface area contributed by atoms with Gasteiger partial charge in [-0.2, -0.15) is 0 Å². The number of rotatable bonds is 6. The summed E-state index contributed by atoms with van der Waals surface area (Å²) in [5, 5.41) is 8.32. The second kappa shape index (κ2) is 6.54. The number of carbonyl (C=O) groups excluding carboxylic acids is 1. The molecule has 7 nitrogen and oxygen atoms in total. The lowest BCUT2D eigenvalue weighted by Gasteiger charge is -2.19. The molecule has 1 aromatic rings. The Morgan fingerprint density at radius 3 is 2.88 bits per heavy atom. The number of hydrogen-bond donors (Lipinski definition) is 2. The van der Waals surface area contributed by atoms with Gasteiger partial charge in [0.1, 0.15) is 5.76 Å². The fourth-order valence-corrected chi connectivity index (χ4v) is 1.14. The van der Waals surface area contributed by atoms with Crippen molar-refractivity contribution >= 4 is 12.0 Å². The zero-order chi connectivity index (χ0) is 12.7. The van der Waals surface area contributed by atoms with E-state index in [1.165, 1.54) is 11.2 Å². The molecule has 0 aliphatic rings. The molecule has 0 radical (unpaired) electrons. The SMILES string of the molecule is CCN(Cc1ccco1)C(=O)NOCC(=O)O. The van der Waals surface area contributed by atoms with Gasteiger partial charge in [-0.1, -0.05) is 0 Å². The maximum absolute atomic E-state index is 11.5. The van der Waals surface area contributed by atoms with Crippen molar-refractivity contribution in [2.24, 2.45) is 0 Å². The third kappa shape index (κ3) is 4.56. The second-order valence-electron chi connectivity index (χ2n) is 3.18. The number of nitrogens with zero attached hydrogens (tertiary/aromatic N) is 1.